The second kappa shape index (κ2) is 6.27. The summed E-state index contributed by atoms with van der Waals surface area (Å²) < 4.78 is 19.0. The summed E-state index contributed by atoms with van der Waals surface area (Å²) in [5.74, 6) is 0.736. The minimum atomic E-state index is -0.147. The Morgan fingerprint density at radius 1 is 1.24 bits per heavy atom. The molecule has 0 fully saturated rings. The van der Waals surface area contributed by atoms with Gasteiger partial charge in [0.15, 0.2) is 0 Å². The van der Waals surface area contributed by atoms with Gasteiger partial charge in [-0.05, 0) is 48.6 Å². The topological polar surface area (TPSA) is 21.3 Å². The molecule has 1 N–H and O–H groups in total. The van der Waals surface area contributed by atoms with Crippen LogP contribution >= 0.6 is 0 Å². The van der Waals surface area contributed by atoms with Crippen molar-refractivity contribution in [3.05, 3.63) is 65.0 Å². The lowest BCUT2D eigenvalue weighted by molar-refractivity contribution is 0.408. The summed E-state index contributed by atoms with van der Waals surface area (Å²) in [5.41, 5.74) is 3.37. The van der Waals surface area contributed by atoms with Gasteiger partial charge in [-0.1, -0.05) is 24.3 Å². The Bertz CT molecular complexity index is 626. The highest BCUT2D eigenvalue weighted by Crippen LogP contribution is 2.32. The molecule has 3 heteroatoms. The molecule has 110 valence electrons. The average Bonchev–Trinajstić information content (AvgIpc) is 2.53. The first-order valence-electron chi connectivity index (χ1n) is 7.41. The van der Waals surface area contributed by atoms with E-state index in [9.17, 15) is 4.39 Å². The number of hydrogen-bond donors (Lipinski definition) is 1. The van der Waals surface area contributed by atoms with Gasteiger partial charge in [-0.3, -0.25) is 0 Å². The first-order valence-corrected chi connectivity index (χ1v) is 7.41. The molecule has 1 unspecified atom stereocenters. The fraction of sp³-hybridized carbons (Fsp3) is 0.333. The van der Waals surface area contributed by atoms with Crippen LogP contribution in [0.4, 0.5) is 4.39 Å². The van der Waals surface area contributed by atoms with Crippen molar-refractivity contribution in [3.63, 3.8) is 0 Å². The van der Waals surface area contributed by atoms with Crippen LogP contribution in [0.2, 0.25) is 0 Å². The molecule has 0 saturated carbocycles. The molecule has 2 aromatic rings. The highest BCUT2D eigenvalue weighted by Gasteiger charge is 2.20. The number of hydrogen-bond acceptors (Lipinski definition) is 2. The normalized spacial score (nSPS) is 17.3. The number of methoxy groups -OCH3 is 1. The molecular weight excluding hydrogens is 265 g/mol. The van der Waals surface area contributed by atoms with Crippen molar-refractivity contribution in [2.75, 3.05) is 7.11 Å². The van der Waals surface area contributed by atoms with E-state index in [-0.39, 0.29) is 11.9 Å². The number of aryl methyl sites for hydroxylation is 1. The van der Waals surface area contributed by atoms with Gasteiger partial charge >= 0.3 is 0 Å². The van der Waals surface area contributed by atoms with E-state index in [0.717, 1.165) is 25.0 Å². The summed E-state index contributed by atoms with van der Waals surface area (Å²) in [6.45, 7) is 0.550. The van der Waals surface area contributed by atoms with Crippen LogP contribution in [0.25, 0.3) is 0 Å². The monoisotopic (exact) mass is 285 g/mol. The second-order valence-electron chi connectivity index (χ2n) is 5.48. The summed E-state index contributed by atoms with van der Waals surface area (Å²) in [5, 5.41) is 3.49. The van der Waals surface area contributed by atoms with Gasteiger partial charge in [0.1, 0.15) is 11.6 Å². The number of benzene rings is 2. The lowest BCUT2D eigenvalue weighted by atomic mass is 9.87. The maximum absolute atomic E-state index is 13.7. The molecule has 0 bridgehead atoms. The Morgan fingerprint density at radius 2 is 2.10 bits per heavy atom. The molecule has 2 aromatic carbocycles. The summed E-state index contributed by atoms with van der Waals surface area (Å²) in [6.07, 6.45) is 3.35. The fourth-order valence-corrected chi connectivity index (χ4v) is 2.99. The highest BCUT2D eigenvalue weighted by atomic mass is 19.1. The molecule has 21 heavy (non-hydrogen) atoms. The molecule has 0 aliphatic heterocycles. The van der Waals surface area contributed by atoms with Crippen molar-refractivity contribution in [2.24, 2.45) is 0 Å². The Kier molecular flexibility index (Phi) is 4.20. The van der Waals surface area contributed by atoms with Gasteiger partial charge in [-0.2, -0.15) is 0 Å². The molecule has 3 rings (SSSR count). The van der Waals surface area contributed by atoms with Crippen molar-refractivity contribution in [2.45, 2.75) is 31.8 Å². The third-order valence-electron chi connectivity index (χ3n) is 4.16. The third-order valence-corrected chi connectivity index (χ3v) is 4.16. The zero-order chi connectivity index (χ0) is 14.7. The number of ether oxygens (including phenoxy) is 1. The van der Waals surface area contributed by atoms with Crippen LogP contribution in [-0.4, -0.2) is 7.11 Å². The zero-order valence-electron chi connectivity index (χ0n) is 12.2. The van der Waals surface area contributed by atoms with E-state index in [0.29, 0.717) is 12.1 Å². The molecule has 0 heterocycles. The number of rotatable bonds is 4. The summed E-state index contributed by atoms with van der Waals surface area (Å²) in [4.78, 5) is 0. The van der Waals surface area contributed by atoms with Crippen molar-refractivity contribution in [3.8, 4) is 5.75 Å². The SMILES string of the molecule is COc1ccc2c(c1)C(NCc1ccccc1F)CCC2. The maximum atomic E-state index is 13.7. The average molecular weight is 285 g/mol. The minimum Gasteiger partial charge on any atom is -0.497 e. The lowest BCUT2D eigenvalue weighted by Crippen LogP contribution is -2.25. The van der Waals surface area contributed by atoms with E-state index in [1.54, 1.807) is 13.2 Å². The van der Waals surface area contributed by atoms with Gasteiger partial charge in [-0.15, -0.1) is 0 Å². The standard InChI is InChI=1S/C18H20FNO/c1-21-15-10-9-13-6-4-8-18(16(13)11-15)20-12-14-5-2-3-7-17(14)19/h2-3,5,7,9-11,18,20H,4,6,8,12H2,1H3. The predicted octanol–water partition coefficient (Wildman–Crippen LogP) is 4.00. The summed E-state index contributed by atoms with van der Waals surface area (Å²) in [6, 6.07) is 13.5. The molecule has 0 spiro atoms. The fourth-order valence-electron chi connectivity index (χ4n) is 2.99. The maximum Gasteiger partial charge on any atom is 0.127 e. The quantitative estimate of drug-likeness (QED) is 0.916. The molecule has 0 radical (unpaired) electrons. The van der Waals surface area contributed by atoms with E-state index in [1.807, 2.05) is 18.2 Å². The Morgan fingerprint density at radius 3 is 2.90 bits per heavy atom. The molecule has 0 amide bonds. The number of nitrogens with one attached hydrogen (secondary N) is 1. The van der Waals surface area contributed by atoms with Crippen molar-refractivity contribution >= 4 is 0 Å². The predicted molar refractivity (Wildman–Crippen MR) is 81.9 cm³/mol. The molecule has 1 aliphatic carbocycles. The van der Waals surface area contributed by atoms with Crippen LogP contribution < -0.4 is 10.1 Å². The van der Waals surface area contributed by atoms with Gasteiger partial charge in [0.25, 0.3) is 0 Å². The van der Waals surface area contributed by atoms with Crippen molar-refractivity contribution in [1.29, 1.82) is 0 Å². The van der Waals surface area contributed by atoms with Crippen LogP contribution in [0, 0.1) is 5.82 Å². The minimum absolute atomic E-state index is 0.147. The highest BCUT2D eigenvalue weighted by molar-refractivity contribution is 5.39. The van der Waals surface area contributed by atoms with Crippen molar-refractivity contribution in [1.82, 2.24) is 5.32 Å². The molecular formula is C18H20FNO. The summed E-state index contributed by atoms with van der Waals surface area (Å²) >= 11 is 0. The first-order chi connectivity index (χ1) is 10.3. The van der Waals surface area contributed by atoms with E-state index in [1.165, 1.54) is 17.2 Å². The number of halogens is 1. The van der Waals surface area contributed by atoms with Crippen LogP contribution in [-0.2, 0) is 13.0 Å². The lowest BCUT2D eigenvalue weighted by Gasteiger charge is -2.27. The van der Waals surface area contributed by atoms with E-state index in [2.05, 4.69) is 17.4 Å². The summed E-state index contributed by atoms with van der Waals surface area (Å²) in [7, 11) is 1.69. The van der Waals surface area contributed by atoms with Crippen molar-refractivity contribution < 1.29 is 9.13 Å². The van der Waals surface area contributed by atoms with Crippen LogP contribution in [0.3, 0.4) is 0 Å². The van der Waals surface area contributed by atoms with Gasteiger partial charge in [0.2, 0.25) is 0 Å². The molecule has 0 aromatic heterocycles. The molecule has 2 nitrogen and oxygen atoms in total. The van der Waals surface area contributed by atoms with Gasteiger partial charge in [0.05, 0.1) is 7.11 Å². The Hall–Kier alpha value is -1.87. The second-order valence-corrected chi connectivity index (χ2v) is 5.48. The zero-order valence-corrected chi connectivity index (χ0v) is 12.2. The van der Waals surface area contributed by atoms with Gasteiger partial charge in [0, 0.05) is 18.2 Å². The Labute approximate surface area is 125 Å². The van der Waals surface area contributed by atoms with Crippen LogP contribution in [0.5, 0.6) is 5.75 Å². The molecule has 0 saturated heterocycles. The van der Waals surface area contributed by atoms with Gasteiger partial charge in [-0.25, -0.2) is 4.39 Å². The van der Waals surface area contributed by atoms with E-state index >= 15 is 0 Å². The van der Waals surface area contributed by atoms with Gasteiger partial charge < -0.3 is 10.1 Å². The van der Waals surface area contributed by atoms with Crippen LogP contribution in [0.1, 0.15) is 35.6 Å². The van der Waals surface area contributed by atoms with E-state index < -0.39 is 0 Å². The van der Waals surface area contributed by atoms with E-state index in [4.69, 9.17) is 4.74 Å². The smallest absolute Gasteiger partial charge is 0.127 e. The largest absolute Gasteiger partial charge is 0.497 e. The molecule has 1 atom stereocenters. The third kappa shape index (κ3) is 3.08. The first kappa shape index (κ1) is 14.1. The van der Waals surface area contributed by atoms with Crippen LogP contribution in [0.15, 0.2) is 42.5 Å². The Balaban J connectivity index is 1.77. The number of fused-ring (bicyclic) bond motifs is 1. The molecule has 1 aliphatic rings.